The van der Waals surface area contributed by atoms with Gasteiger partial charge in [0.05, 0.1) is 5.56 Å². The average molecular weight is 286 g/mol. The van der Waals surface area contributed by atoms with Crippen LogP contribution in [0.15, 0.2) is 47.7 Å². The molecule has 0 aliphatic rings. The minimum atomic E-state index is -0.217. The second-order valence-corrected chi connectivity index (χ2v) is 4.59. The topological polar surface area (TPSA) is 86.9 Å². The van der Waals surface area contributed by atoms with E-state index >= 15 is 0 Å². The van der Waals surface area contributed by atoms with Crippen molar-refractivity contribution in [3.05, 3.63) is 64.3 Å². The number of aromatic nitrogens is 2. The van der Waals surface area contributed by atoms with Gasteiger partial charge in [0.1, 0.15) is 0 Å². The fourth-order valence-corrected chi connectivity index (χ4v) is 1.80. The smallest absolute Gasteiger partial charge is 0.252 e. The highest BCUT2D eigenvalue weighted by atomic mass is 16.1. The lowest BCUT2D eigenvalue weighted by atomic mass is 10.2. The Balaban J connectivity index is 1.60. The van der Waals surface area contributed by atoms with Gasteiger partial charge in [-0.15, -0.1) is 0 Å². The number of carbonyl (C=O) groups excluding carboxylic acids is 1. The first-order valence-corrected chi connectivity index (χ1v) is 6.82. The molecule has 2 aromatic heterocycles. The van der Waals surface area contributed by atoms with Crippen LogP contribution in [0.2, 0.25) is 0 Å². The Bertz CT molecular complexity index is 605. The molecule has 0 aromatic carbocycles. The number of rotatable bonds is 7. The van der Waals surface area contributed by atoms with E-state index in [-0.39, 0.29) is 11.5 Å². The van der Waals surface area contributed by atoms with E-state index in [4.69, 9.17) is 0 Å². The number of amides is 1. The predicted molar refractivity (Wildman–Crippen MR) is 80.0 cm³/mol. The van der Waals surface area contributed by atoms with Crippen LogP contribution in [-0.4, -0.2) is 29.0 Å². The minimum Gasteiger partial charge on any atom is -0.352 e. The number of nitrogens with one attached hydrogen (secondary N) is 3. The molecule has 0 saturated carbocycles. The van der Waals surface area contributed by atoms with Gasteiger partial charge < -0.3 is 15.6 Å². The molecule has 6 heteroatoms. The Labute approximate surface area is 122 Å². The molecular formula is C15H18N4O2. The van der Waals surface area contributed by atoms with Gasteiger partial charge in [-0.25, -0.2) is 0 Å². The van der Waals surface area contributed by atoms with Crippen molar-refractivity contribution in [2.45, 2.75) is 13.0 Å². The van der Waals surface area contributed by atoms with Crippen LogP contribution >= 0.6 is 0 Å². The summed E-state index contributed by atoms with van der Waals surface area (Å²) in [6.45, 7) is 2.15. The van der Waals surface area contributed by atoms with Crippen molar-refractivity contribution in [1.29, 1.82) is 0 Å². The first-order valence-electron chi connectivity index (χ1n) is 6.82. The van der Waals surface area contributed by atoms with Crippen molar-refractivity contribution >= 4 is 5.91 Å². The quantitative estimate of drug-likeness (QED) is 0.653. The van der Waals surface area contributed by atoms with Gasteiger partial charge in [0, 0.05) is 37.7 Å². The molecule has 2 rings (SSSR count). The molecule has 110 valence electrons. The van der Waals surface area contributed by atoms with Crippen LogP contribution in [0.3, 0.4) is 0 Å². The molecule has 0 bridgehead atoms. The van der Waals surface area contributed by atoms with E-state index in [1.807, 2.05) is 18.3 Å². The Morgan fingerprint density at radius 1 is 1.24 bits per heavy atom. The van der Waals surface area contributed by atoms with E-state index in [1.54, 1.807) is 6.20 Å². The van der Waals surface area contributed by atoms with Crippen LogP contribution in [-0.2, 0) is 6.54 Å². The second-order valence-electron chi connectivity index (χ2n) is 4.59. The van der Waals surface area contributed by atoms with Crippen LogP contribution in [0.25, 0.3) is 0 Å². The van der Waals surface area contributed by atoms with Gasteiger partial charge in [0.15, 0.2) is 0 Å². The van der Waals surface area contributed by atoms with E-state index in [1.165, 1.54) is 18.3 Å². The Morgan fingerprint density at radius 3 is 2.86 bits per heavy atom. The standard InChI is InChI=1S/C15H18N4O2/c20-14-5-4-13(11-19-14)15(21)18-8-2-7-17-10-12-3-1-6-16-9-12/h1,3-6,9,11,17H,2,7-8,10H2,(H,18,21)(H,19,20). The monoisotopic (exact) mass is 286 g/mol. The number of aromatic amines is 1. The maximum atomic E-state index is 11.7. The third kappa shape index (κ3) is 5.19. The largest absolute Gasteiger partial charge is 0.352 e. The zero-order chi connectivity index (χ0) is 14.9. The molecule has 0 radical (unpaired) electrons. The normalized spacial score (nSPS) is 10.3. The molecule has 0 aliphatic carbocycles. The Kier molecular flexibility index (Phi) is 5.66. The number of hydrogen-bond acceptors (Lipinski definition) is 4. The molecule has 2 aromatic rings. The molecule has 0 aliphatic heterocycles. The Morgan fingerprint density at radius 2 is 2.14 bits per heavy atom. The summed E-state index contributed by atoms with van der Waals surface area (Å²) in [5, 5.41) is 6.09. The molecule has 21 heavy (non-hydrogen) atoms. The van der Waals surface area contributed by atoms with Crippen LogP contribution in [0, 0.1) is 0 Å². The number of carbonyl (C=O) groups is 1. The number of hydrogen-bond donors (Lipinski definition) is 3. The molecule has 0 spiro atoms. The summed E-state index contributed by atoms with van der Waals surface area (Å²) >= 11 is 0. The van der Waals surface area contributed by atoms with Gasteiger partial charge in [0.25, 0.3) is 5.91 Å². The van der Waals surface area contributed by atoms with Gasteiger partial charge in [-0.3, -0.25) is 14.6 Å². The van der Waals surface area contributed by atoms with Crippen molar-refractivity contribution in [2.75, 3.05) is 13.1 Å². The molecule has 0 saturated heterocycles. The third-order valence-electron chi connectivity index (χ3n) is 2.91. The summed E-state index contributed by atoms with van der Waals surface area (Å²) < 4.78 is 0. The number of nitrogens with zero attached hydrogens (tertiary/aromatic N) is 1. The molecular weight excluding hydrogens is 268 g/mol. The highest BCUT2D eigenvalue weighted by Crippen LogP contribution is 1.95. The van der Waals surface area contributed by atoms with Crippen LogP contribution in [0.1, 0.15) is 22.3 Å². The summed E-state index contributed by atoms with van der Waals surface area (Å²) in [6.07, 6.45) is 5.81. The van der Waals surface area contributed by atoms with Gasteiger partial charge >= 0.3 is 0 Å². The first-order chi connectivity index (χ1) is 10.3. The van der Waals surface area contributed by atoms with Crippen molar-refractivity contribution in [1.82, 2.24) is 20.6 Å². The molecule has 0 fully saturated rings. The lowest BCUT2D eigenvalue weighted by Crippen LogP contribution is -2.27. The number of pyridine rings is 2. The number of H-pyrrole nitrogens is 1. The van der Waals surface area contributed by atoms with Crippen LogP contribution < -0.4 is 16.2 Å². The summed E-state index contributed by atoms with van der Waals surface area (Å²) in [5.74, 6) is -0.182. The summed E-state index contributed by atoms with van der Waals surface area (Å²) in [5.41, 5.74) is 1.37. The van der Waals surface area contributed by atoms with Crippen molar-refractivity contribution < 1.29 is 4.79 Å². The molecule has 0 atom stereocenters. The third-order valence-corrected chi connectivity index (χ3v) is 2.91. The minimum absolute atomic E-state index is 0.182. The van der Waals surface area contributed by atoms with Crippen molar-refractivity contribution in [3.8, 4) is 0 Å². The SMILES string of the molecule is O=C(NCCCNCc1cccnc1)c1ccc(=O)[nH]c1. The zero-order valence-corrected chi connectivity index (χ0v) is 11.6. The first kappa shape index (κ1) is 14.9. The van der Waals surface area contributed by atoms with E-state index < -0.39 is 0 Å². The van der Waals surface area contributed by atoms with E-state index in [0.717, 1.165) is 25.1 Å². The summed E-state index contributed by atoms with van der Waals surface area (Å²) in [6, 6.07) is 6.76. The van der Waals surface area contributed by atoms with Crippen molar-refractivity contribution in [3.63, 3.8) is 0 Å². The lowest BCUT2D eigenvalue weighted by Gasteiger charge is -2.06. The second kappa shape index (κ2) is 7.96. The summed E-state index contributed by atoms with van der Waals surface area (Å²) in [7, 11) is 0. The maximum absolute atomic E-state index is 11.7. The van der Waals surface area contributed by atoms with Gasteiger partial charge in [-0.1, -0.05) is 6.07 Å². The molecule has 0 unspecified atom stereocenters. The molecule has 6 nitrogen and oxygen atoms in total. The van der Waals surface area contributed by atoms with Crippen molar-refractivity contribution in [2.24, 2.45) is 0 Å². The molecule has 3 N–H and O–H groups in total. The van der Waals surface area contributed by atoms with Gasteiger partial charge in [-0.2, -0.15) is 0 Å². The van der Waals surface area contributed by atoms with Gasteiger partial charge in [-0.05, 0) is 30.7 Å². The van der Waals surface area contributed by atoms with Crippen LogP contribution in [0.5, 0.6) is 0 Å². The highest BCUT2D eigenvalue weighted by molar-refractivity contribution is 5.93. The molecule has 2 heterocycles. The fourth-order valence-electron chi connectivity index (χ4n) is 1.80. The average Bonchev–Trinajstić information content (AvgIpc) is 2.52. The fraction of sp³-hybridized carbons (Fsp3) is 0.267. The Hall–Kier alpha value is -2.47. The summed E-state index contributed by atoms with van der Waals surface area (Å²) in [4.78, 5) is 29.2. The molecule has 1 amide bonds. The lowest BCUT2D eigenvalue weighted by molar-refractivity contribution is 0.0953. The predicted octanol–water partition coefficient (Wildman–Crippen LogP) is 0.680. The van der Waals surface area contributed by atoms with Crippen LogP contribution in [0.4, 0.5) is 0 Å². The highest BCUT2D eigenvalue weighted by Gasteiger charge is 2.03. The van der Waals surface area contributed by atoms with Gasteiger partial charge in [0.2, 0.25) is 5.56 Å². The van der Waals surface area contributed by atoms with E-state index in [9.17, 15) is 9.59 Å². The van der Waals surface area contributed by atoms with E-state index in [2.05, 4.69) is 20.6 Å². The zero-order valence-electron chi connectivity index (χ0n) is 11.6. The maximum Gasteiger partial charge on any atom is 0.252 e. The van der Waals surface area contributed by atoms with E-state index in [0.29, 0.717) is 12.1 Å².